The Morgan fingerprint density at radius 1 is 0.959 bits per heavy atom. The standard InChI is InChI=1S/C27H32O14.C5H11N3/c1-10-20(32)22(34)24(36)26(37-10)41-25-23(35)21(33)18(9-28)40-27(25)38-13-6-14(30)19-15(31)8-16(39-17(19)7-13)11-2-4-12(29)5-3-11;1-5(2)3-4-7-8-6/h2-7,10,16,18,20-30,32-36H,8-9H2,1H3;5H,3-4H2,1-2H3/t10-,16?,18+,20-,21+,22+,23-,24+,25+,26-,27+;/m0./s1. The molecule has 3 aliphatic heterocycles. The van der Waals surface area contributed by atoms with Crippen LogP contribution in [0.1, 0.15) is 55.6 Å². The second-order valence-corrected chi connectivity index (χ2v) is 12.4. The fourth-order valence-electron chi connectivity index (χ4n) is 5.43. The third-order valence-corrected chi connectivity index (χ3v) is 8.28. The molecule has 0 spiro atoms. The van der Waals surface area contributed by atoms with Gasteiger partial charge in [-0.05, 0) is 42.5 Å². The first-order valence-electron chi connectivity index (χ1n) is 15.8. The van der Waals surface area contributed by atoms with Crippen LogP contribution in [0.4, 0.5) is 0 Å². The number of aliphatic hydroxyl groups is 6. The van der Waals surface area contributed by atoms with Gasteiger partial charge >= 0.3 is 0 Å². The van der Waals surface area contributed by atoms with E-state index < -0.39 is 85.7 Å². The number of hydrogen-bond donors (Lipinski definition) is 8. The van der Waals surface area contributed by atoms with Crippen molar-refractivity contribution >= 4 is 5.78 Å². The van der Waals surface area contributed by atoms with Gasteiger partial charge in [-0.1, -0.05) is 31.1 Å². The monoisotopic (exact) mass is 693 g/mol. The van der Waals surface area contributed by atoms with Crippen molar-refractivity contribution in [3.63, 3.8) is 0 Å². The number of fused-ring (bicyclic) bond motifs is 1. The number of Topliss-reactive ketones (excluding diaryl/α,β-unsaturated/α-hetero) is 1. The van der Waals surface area contributed by atoms with E-state index in [0.717, 1.165) is 12.5 Å². The molecule has 3 aliphatic rings. The highest BCUT2D eigenvalue weighted by molar-refractivity contribution is 6.02. The molecule has 1 unspecified atom stereocenters. The lowest BCUT2D eigenvalue weighted by Crippen LogP contribution is -2.64. The summed E-state index contributed by atoms with van der Waals surface area (Å²) in [5, 5.41) is 85.0. The van der Waals surface area contributed by atoms with Crippen LogP contribution in [0.25, 0.3) is 10.4 Å². The van der Waals surface area contributed by atoms with Gasteiger partial charge in [-0.15, -0.1) is 0 Å². The number of aliphatic hydroxyl groups excluding tert-OH is 6. The third kappa shape index (κ3) is 9.09. The summed E-state index contributed by atoms with van der Waals surface area (Å²) in [5.74, 6) is -0.307. The highest BCUT2D eigenvalue weighted by Crippen LogP contribution is 2.43. The van der Waals surface area contributed by atoms with E-state index >= 15 is 0 Å². The Bertz CT molecular complexity index is 1460. The van der Waals surface area contributed by atoms with Crippen molar-refractivity contribution in [2.75, 3.05) is 13.2 Å². The molecule has 2 fully saturated rings. The number of phenolic OH excluding ortho intramolecular Hbond substituents is 2. The fourth-order valence-corrected chi connectivity index (χ4v) is 5.43. The topological polar surface area (TPSA) is 274 Å². The number of ether oxygens (including phenoxy) is 5. The van der Waals surface area contributed by atoms with E-state index in [1.807, 2.05) is 0 Å². The van der Waals surface area contributed by atoms with Gasteiger partial charge in [-0.2, -0.15) is 0 Å². The van der Waals surface area contributed by atoms with E-state index in [-0.39, 0.29) is 29.2 Å². The number of benzene rings is 2. The molecular weight excluding hydrogens is 650 g/mol. The highest BCUT2D eigenvalue weighted by atomic mass is 16.8. The van der Waals surface area contributed by atoms with Gasteiger partial charge in [0.25, 0.3) is 0 Å². The zero-order valence-electron chi connectivity index (χ0n) is 27.1. The lowest BCUT2D eigenvalue weighted by molar-refractivity contribution is -0.354. The van der Waals surface area contributed by atoms with Crippen LogP contribution in [0.15, 0.2) is 41.5 Å². The molecule has 2 saturated heterocycles. The van der Waals surface area contributed by atoms with Crippen LogP contribution >= 0.6 is 0 Å². The molecule has 5 rings (SSSR count). The van der Waals surface area contributed by atoms with Gasteiger partial charge in [-0.3, -0.25) is 4.79 Å². The molecule has 11 atom stereocenters. The molecule has 2 aromatic carbocycles. The molecule has 2 aromatic rings. The average molecular weight is 694 g/mol. The first-order chi connectivity index (χ1) is 23.2. The van der Waals surface area contributed by atoms with E-state index in [1.54, 1.807) is 12.1 Å². The molecule has 17 heteroatoms. The zero-order chi connectivity index (χ0) is 36.0. The Labute approximate surface area is 281 Å². The van der Waals surface area contributed by atoms with E-state index in [4.69, 9.17) is 29.2 Å². The number of phenols is 2. The lowest BCUT2D eigenvalue weighted by atomic mass is 9.95. The number of hydrogen-bond acceptors (Lipinski definition) is 15. The summed E-state index contributed by atoms with van der Waals surface area (Å²) in [7, 11) is 0. The number of rotatable bonds is 9. The first kappa shape index (κ1) is 38.1. The third-order valence-electron chi connectivity index (χ3n) is 8.28. The molecule has 49 heavy (non-hydrogen) atoms. The molecule has 0 bridgehead atoms. The van der Waals surface area contributed by atoms with E-state index in [2.05, 4.69) is 23.9 Å². The van der Waals surface area contributed by atoms with E-state index in [1.165, 1.54) is 25.1 Å². The maximum Gasteiger partial charge on any atom is 0.229 e. The van der Waals surface area contributed by atoms with Crippen LogP contribution in [0.5, 0.6) is 23.0 Å². The highest BCUT2D eigenvalue weighted by Gasteiger charge is 2.51. The van der Waals surface area contributed by atoms with Gasteiger partial charge < -0.3 is 64.5 Å². The van der Waals surface area contributed by atoms with Gasteiger partial charge in [0.1, 0.15) is 71.3 Å². The van der Waals surface area contributed by atoms with Gasteiger partial charge in [0.15, 0.2) is 18.2 Å². The maximum absolute atomic E-state index is 12.9. The van der Waals surface area contributed by atoms with E-state index in [0.29, 0.717) is 18.0 Å². The quantitative estimate of drug-likeness (QED) is 0.104. The summed E-state index contributed by atoms with van der Waals surface area (Å²) in [5.41, 5.74) is 8.37. The predicted octanol–water partition coefficient (Wildman–Crippen LogP) is 1.18. The Balaban J connectivity index is 0.000000603. The number of nitrogens with zero attached hydrogens (tertiary/aromatic N) is 3. The summed E-state index contributed by atoms with van der Waals surface area (Å²) in [6, 6.07) is 8.50. The Kier molecular flexibility index (Phi) is 13.0. The van der Waals surface area contributed by atoms with Crippen LogP contribution < -0.4 is 9.47 Å². The zero-order valence-corrected chi connectivity index (χ0v) is 27.1. The molecule has 0 amide bonds. The smallest absolute Gasteiger partial charge is 0.229 e. The molecule has 17 nitrogen and oxygen atoms in total. The van der Waals surface area contributed by atoms with Gasteiger partial charge in [0.2, 0.25) is 6.29 Å². The lowest BCUT2D eigenvalue weighted by Gasteiger charge is -2.45. The second kappa shape index (κ2) is 16.8. The van der Waals surface area contributed by atoms with Crippen molar-refractivity contribution < 1.29 is 69.3 Å². The second-order valence-electron chi connectivity index (χ2n) is 12.4. The number of azide groups is 1. The normalized spacial score (nSPS) is 32.6. The molecule has 0 aromatic heterocycles. The summed E-state index contributed by atoms with van der Waals surface area (Å²) in [6.45, 7) is 5.56. The van der Waals surface area contributed by atoms with Gasteiger partial charge in [0.05, 0.1) is 19.1 Å². The Morgan fingerprint density at radius 2 is 1.65 bits per heavy atom. The van der Waals surface area contributed by atoms with Crippen molar-refractivity contribution in [2.24, 2.45) is 11.0 Å². The van der Waals surface area contributed by atoms with Gasteiger partial charge in [-0.25, -0.2) is 0 Å². The van der Waals surface area contributed by atoms with Crippen LogP contribution in [0.2, 0.25) is 0 Å². The Morgan fingerprint density at radius 3 is 2.29 bits per heavy atom. The Hall–Kier alpha value is -3.74. The van der Waals surface area contributed by atoms with Crippen molar-refractivity contribution in [1.82, 2.24) is 0 Å². The molecule has 270 valence electrons. The first-order valence-corrected chi connectivity index (χ1v) is 15.8. The van der Waals surface area contributed by atoms with Crippen molar-refractivity contribution in [3.8, 4) is 23.0 Å². The largest absolute Gasteiger partial charge is 0.508 e. The number of carbonyl (C=O) groups is 1. The fraction of sp³-hybridized carbons (Fsp3) is 0.594. The summed E-state index contributed by atoms with van der Waals surface area (Å²) < 4.78 is 28.6. The molecule has 0 saturated carbocycles. The molecular formula is C32H43N3O14. The van der Waals surface area contributed by atoms with Crippen LogP contribution in [0, 0.1) is 5.92 Å². The molecule has 3 heterocycles. The number of aromatic hydroxyl groups is 2. The SMILES string of the molecule is CC(C)CCN=[N+]=[N-].C[C@@H]1O[C@@H](O[C@H]2[C@H](Oc3cc(O)c4c(c3)OC(c3ccc(O)cc3)CC4=O)O[C@H](CO)[C@@H](O)[C@@H]2O)[C@H](O)[C@H](O)[C@H]1O. The van der Waals surface area contributed by atoms with E-state index in [9.17, 15) is 45.6 Å². The summed E-state index contributed by atoms with van der Waals surface area (Å²) in [4.78, 5) is 15.5. The number of ketones is 1. The predicted molar refractivity (Wildman–Crippen MR) is 168 cm³/mol. The van der Waals surface area contributed by atoms with Gasteiger partial charge in [0, 0.05) is 23.6 Å². The van der Waals surface area contributed by atoms with Crippen molar-refractivity contribution in [2.45, 2.75) is 101 Å². The molecule has 0 aliphatic carbocycles. The van der Waals surface area contributed by atoms with Crippen molar-refractivity contribution in [1.29, 1.82) is 0 Å². The summed E-state index contributed by atoms with van der Waals surface area (Å²) >= 11 is 0. The number of carbonyl (C=O) groups excluding carboxylic acids is 1. The minimum absolute atomic E-state index is 0.0149. The molecule has 0 radical (unpaired) electrons. The van der Waals surface area contributed by atoms with Crippen molar-refractivity contribution in [3.05, 3.63) is 58.0 Å². The summed E-state index contributed by atoms with van der Waals surface area (Å²) in [6.07, 6.45) is -15.0. The van der Waals surface area contributed by atoms with Crippen LogP contribution in [0.3, 0.4) is 0 Å². The minimum atomic E-state index is -1.75. The van der Waals surface area contributed by atoms with Crippen LogP contribution in [-0.4, -0.2) is 121 Å². The molecule has 8 N–H and O–H groups in total. The average Bonchev–Trinajstić information content (AvgIpc) is 3.06. The van der Waals surface area contributed by atoms with Crippen LogP contribution in [-0.2, 0) is 14.2 Å². The maximum atomic E-state index is 12.9. The minimum Gasteiger partial charge on any atom is -0.508 e.